The van der Waals surface area contributed by atoms with Gasteiger partial charge in [-0.05, 0) is 38.3 Å². The number of hydrogen-bond donors (Lipinski definition) is 1. The highest BCUT2D eigenvalue weighted by atomic mass is 32.1. The van der Waals surface area contributed by atoms with Crippen LogP contribution in [-0.4, -0.2) is 11.9 Å². The zero-order valence-electron chi connectivity index (χ0n) is 11.3. The molecule has 1 aromatic heterocycles. The minimum absolute atomic E-state index is 0.0323. The molecule has 0 saturated heterocycles. The smallest absolute Gasteiger partial charge is 0.252 e. The molecular formula is C16H19NOS. The third kappa shape index (κ3) is 4.21. The van der Waals surface area contributed by atoms with Crippen LogP contribution in [0.4, 0.5) is 0 Å². The third-order valence-electron chi connectivity index (χ3n) is 3.08. The van der Waals surface area contributed by atoms with Crippen molar-refractivity contribution in [2.45, 2.75) is 32.7 Å². The minimum Gasteiger partial charge on any atom is -0.350 e. The van der Waals surface area contributed by atoms with Gasteiger partial charge in [-0.3, -0.25) is 4.79 Å². The lowest BCUT2D eigenvalue weighted by atomic mass is 10.1. The second-order valence-corrected chi connectivity index (χ2v) is 5.96. The summed E-state index contributed by atoms with van der Waals surface area (Å²) in [6, 6.07) is 12.5. The summed E-state index contributed by atoms with van der Waals surface area (Å²) < 4.78 is 0. The molecule has 1 amide bonds. The Kier molecular flexibility index (Phi) is 4.74. The number of rotatable bonds is 5. The molecule has 0 bridgehead atoms. The molecular weight excluding hydrogens is 254 g/mol. The number of carbonyl (C=O) groups is 1. The molecule has 1 atom stereocenters. The molecule has 3 heteroatoms. The van der Waals surface area contributed by atoms with Crippen molar-refractivity contribution in [2.24, 2.45) is 0 Å². The van der Waals surface area contributed by atoms with Crippen molar-refractivity contribution < 1.29 is 4.79 Å². The van der Waals surface area contributed by atoms with Gasteiger partial charge in [-0.15, -0.1) is 11.3 Å². The van der Waals surface area contributed by atoms with E-state index in [-0.39, 0.29) is 11.9 Å². The summed E-state index contributed by atoms with van der Waals surface area (Å²) in [5, 5.41) is 4.96. The molecule has 0 radical (unpaired) electrons. The van der Waals surface area contributed by atoms with Crippen LogP contribution in [0.15, 0.2) is 41.8 Å². The Morgan fingerprint density at radius 2 is 2.05 bits per heavy atom. The van der Waals surface area contributed by atoms with Crippen molar-refractivity contribution in [3.8, 4) is 0 Å². The zero-order chi connectivity index (χ0) is 13.7. The Morgan fingerprint density at radius 1 is 1.32 bits per heavy atom. The molecule has 2 aromatic rings. The lowest BCUT2D eigenvalue weighted by Gasteiger charge is -2.13. The first-order valence-corrected chi connectivity index (χ1v) is 7.43. The molecule has 0 spiro atoms. The van der Waals surface area contributed by atoms with Gasteiger partial charge in [0.2, 0.25) is 0 Å². The van der Waals surface area contributed by atoms with E-state index in [2.05, 4.69) is 24.4 Å². The van der Waals surface area contributed by atoms with Gasteiger partial charge in [0.15, 0.2) is 0 Å². The average molecular weight is 273 g/mol. The van der Waals surface area contributed by atoms with E-state index in [9.17, 15) is 4.79 Å². The van der Waals surface area contributed by atoms with Crippen LogP contribution < -0.4 is 5.32 Å². The Morgan fingerprint density at radius 3 is 2.68 bits per heavy atom. The van der Waals surface area contributed by atoms with Crippen LogP contribution in [0.2, 0.25) is 0 Å². The van der Waals surface area contributed by atoms with Crippen LogP contribution in [0.25, 0.3) is 0 Å². The fraction of sp³-hybridized carbons (Fsp3) is 0.312. The van der Waals surface area contributed by atoms with Crippen LogP contribution in [0.3, 0.4) is 0 Å². The van der Waals surface area contributed by atoms with E-state index in [0.29, 0.717) is 0 Å². The summed E-state index contributed by atoms with van der Waals surface area (Å²) in [4.78, 5) is 13.1. The lowest BCUT2D eigenvalue weighted by molar-refractivity contribution is 0.0939. The molecule has 2 nitrogen and oxygen atoms in total. The van der Waals surface area contributed by atoms with Crippen LogP contribution >= 0.6 is 11.3 Å². The fourth-order valence-corrected chi connectivity index (χ4v) is 2.65. The van der Waals surface area contributed by atoms with Crippen LogP contribution in [-0.2, 0) is 6.42 Å². The van der Waals surface area contributed by atoms with Crippen LogP contribution in [0.5, 0.6) is 0 Å². The molecule has 0 unspecified atom stereocenters. The standard InChI is InChI=1S/C16H19NOS/c1-12(8-9-14-6-4-3-5-7-14)17-16(18)15-10-13(2)19-11-15/h3-7,10-12H,8-9H2,1-2H3,(H,17,18)/t12-/m0/s1. The average Bonchev–Trinajstić information content (AvgIpc) is 2.84. The maximum Gasteiger partial charge on any atom is 0.252 e. The topological polar surface area (TPSA) is 29.1 Å². The van der Waals surface area contributed by atoms with E-state index in [1.807, 2.05) is 36.6 Å². The SMILES string of the molecule is Cc1cc(C(=O)N[C@@H](C)CCc2ccccc2)cs1. The number of thiophene rings is 1. The second kappa shape index (κ2) is 6.53. The molecule has 19 heavy (non-hydrogen) atoms. The van der Waals surface area contributed by atoms with E-state index in [1.165, 1.54) is 10.4 Å². The molecule has 1 heterocycles. The van der Waals surface area contributed by atoms with E-state index in [1.54, 1.807) is 11.3 Å². The minimum atomic E-state index is 0.0323. The Labute approximate surface area is 118 Å². The monoisotopic (exact) mass is 273 g/mol. The molecule has 0 aliphatic heterocycles. The van der Waals surface area contributed by atoms with E-state index >= 15 is 0 Å². The molecule has 0 saturated carbocycles. The molecule has 2 rings (SSSR count). The number of carbonyl (C=O) groups excluding carboxylic acids is 1. The highest BCUT2D eigenvalue weighted by Crippen LogP contribution is 2.13. The number of amides is 1. The van der Waals surface area contributed by atoms with Gasteiger partial charge in [-0.2, -0.15) is 0 Å². The summed E-state index contributed by atoms with van der Waals surface area (Å²) in [5.74, 6) is 0.0323. The zero-order valence-corrected chi connectivity index (χ0v) is 12.2. The maximum atomic E-state index is 12.0. The van der Waals surface area contributed by atoms with Crippen molar-refractivity contribution in [1.29, 1.82) is 0 Å². The van der Waals surface area contributed by atoms with E-state index in [4.69, 9.17) is 0 Å². The maximum absolute atomic E-state index is 12.0. The van der Waals surface area contributed by atoms with E-state index < -0.39 is 0 Å². The van der Waals surface area contributed by atoms with Gasteiger partial charge in [-0.1, -0.05) is 30.3 Å². The normalized spacial score (nSPS) is 12.1. The summed E-state index contributed by atoms with van der Waals surface area (Å²) in [6.07, 6.45) is 1.95. The number of benzene rings is 1. The first kappa shape index (κ1) is 13.8. The van der Waals surface area contributed by atoms with Gasteiger partial charge < -0.3 is 5.32 Å². The molecule has 100 valence electrons. The van der Waals surface area contributed by atoms with Gasteiger partial charge >= 0.3 is 0 Å². The van der Waals surface area contributed by atoms with Crippen molar-refractivity contribution in [2.75, 3.05) is 0 Å². The third-order valence-corrected chi connectivity index (χ3v) is 3.94. The molecule has 0 aliphatic rings. The number of nitrogens with one attached hydrogen (secondary N) is 1. The fourth-order valence-electron chi connectivity index (χ4n) is 1.97. The number of aryl methyl sites for hydroxylation is 2. The van der Waals surface area contributed by atoms with Crippen molar-refractivity contribution >= 4 is 17.2 Å². The predicted octanol–water partition coefficient (Wildman–Crippen LogP) is 3.81. The van der Waals surface area contributed by atoms with Gasteiger partial charge in [0.05, 0.1) is 5.56 Å². The van der Waals surface area contributed by atoms with Crippen molar-refractivity contribution in [3.63, 3.8) is 0 Å². The second-order valence-electron chi connectivity index (χ2n) is 4.84. The Balaban J connectivity index is 1.81. The summed E-state index contributed by atoms with van der Waals surface area (Å²) in [6.45, 7) is 4.07. The highest BCUT2D eigenvalue weighted by Gasteiger charge is 2.10. The molecule has 0 aliphatic carbocycles. The molecule has 0 fully saturated rings. The first-order valence-electron chi connectivity index (χ1n) is 6.55. The van der Waals surface area contributed by atoms with Gasteiger partial charge in [-0.25, -0.2) is 0 Å². The largest absolute Gasteiger partial charge is 0.350 e. The summed E-state index contributed by atoms with van der Waals surface area (Å²) >= 11 is 1.61. The van der Waals surface area contributed by atoms with Crippen LogP contribution in [0, 0.1) is 6.92 Å². The van der Waals surface area contributed by atoms with Gasteiger partial charge in [0.25, 0.3) is 5.91 Å². The van der Waals surface area contributed by atoms with Gasteiger partial charge in [0, 0.05) is 16.3 Å². The molecule has 1 aromatic carbocycles. The van der Waals surface area contributed by atoms with Crippen molar-refractivity contribution in [1.82, 2.24) is 5.32 Å². The van der Waals surface area contributed by atoms with Gasteiger partial charge in [0.1, 0.15) is 0 Å². The molecule has 1 N–H and O–H groups in total. The van der Waals surface area contributed by atoms with Crippen molar-refractivity contribution in [3.05, 3.63) is 57.8 Å². The summed E-state index contributed by atoms with van der Waals surface area (Å²) in [5.41, 5.74) is 2.09. The van der Waals surface area contributed by atoms with E-state index in [0.717, 1.165) is 18.4 Å². The highest BCUT2D eigenvalue weighted by molar-refractivity contribution is 7.10. The Hall–Kier alpha value is -1.61. The summed E-state index contributed by atoms with van der Waals surface area (Å²) in [7, 11) is 0. The van der Waals surface area contributed by atoms with Crippen LogP contribution in [0.1, 0.15) is 34.1 Å². The first-order chi connectivity index (χ1) is 9.15. The Bertz CT molecular complexity index is 533. The lowest BCUT2D eigenvalue weighted by Crippen LogP contribution is -2.32. The quantitative estimate of drug-likeness (QED) is 0.882. The number of hydrogen-bond acceptors (Lipinski definition) is 2. The predicted molar refractivity (Wildman–Crippen MR) is 80.7 cm³/mol.